The number of nitrogens with one attached hydrogen (secondary N) is 1. The van der Waals surface area contributed by atoms with Gasteiger partial charge in [-0.05, 0) is 80.8 Å². The van der Waals surface area contributed by atoms with E-state index in [0.717, 1.165) is 9.87 Å². The first kappa shape index (κ1) is 31.0. The van der Waals surface area contributed by atoms with Crippen molar-refractivity contribution in [2.45, 2.75) is 57.6 Å². The van der Waals surface area contributed by atoms with Crippen LogP contribution in [0.15, 0.2) is 77.7 Å². The summed E-state index contributed by atoms with van der Waals surface area (Å²) in [4.78, 5) is 28.8. The van der Waals surface area contributed by atoms with E-state index in [2.05, 4.69) is 5.32 Å². The largest absolute Gasteiger partial charge is 0.497 e. The molecule has 3 aromatic rings. The number of halogens is 1. The second kappa shape index (κ2) is 13.7. The summed E-state index contributed by atoms with van der Waals surface area (Å²) < 4.78 is 34.1. The molecule has 0 radical (unpaired) electrons. The number of methoxy groups -OCH3 is 1. The first-order valence-electron chi connectivity index (χ1n) is 13.0. The fourth-order valence-corrected chi connectivity index (χ4v) is 6.09. The smallest absolute Gasteiger partial charge is 0.264 e. The fourth-order valence-electron chi connectivity index (χ4n) is 4.36. The summed E-state index contributed by atoms with van der Waals surface area (Å²) in [7, 11) is -2.58. The SMILES string of the molecule is CC[C@H](C(=O)NC(C)C)N(Cc1ccc(OC)cc1)C(=O)CN(c1ccc(Cl)cc1C)S(=O)(=O)c1ccccc1. The number of hydrogen-bond donors (Lipinski definition) is 1. The molecule has 0 bridgehead atoms. The molecule has 1 N–H and O–H groups in total. The van der Waals surface area contributed by atoms with Crippen LogP contribution in [0.4, 0.5) is 5.69 Å². The highest BCUT2D eigenvalue weighted by atomic mass is 35.5. The van der Waals surface area contributed by atoms with Crippen molar-refractivity contribution in [2.24, 2.45) is 0 Å². The van der Waals surface area contributed by atoms with Gasteiger partial charge in [-0.15, -0.1) is 0 Å². The molecular formula is C30H36ClN3O5S. The van der Waals surface area contributed by atoms with Crippen molar-refractivity contribution in [1.82, 2.24) is 10.2 Å². The van der Waals surface area contributed by atoms with Gasteiger partial charge in [-0.25, -0.2) is 8.42 Å². The molecular weight excluding hydrogens is 550 g/mol. The Morgan fingerprint density at radius 1 is 1.00 bits per heavy atom. The number of aryl methyl sites for hydroxylation is 1. The lowest BCUT2D eigenvalue weighted by Crippen LogP contribution is -2.53. The molecule has 1 atom stereocenters. The first-order valence-corrected chi connectivity index (χ1v) is 14.9. The number of anilines is 1. The maximum absolute atomic E-state index is 14.1. The average molecular weight is 586 g/mol. The zero-order chi connectivity index (χ0) is 29.4. The molecule has 0 saturated heterocycles. The number of rotatable bonds is 12. The number of amides is 2. The maximum atomic E-state index is 14.1. The second-order valence-electron chi connectivity index (χ2n) is 9.71. The molecule has 10 heteroatoms. The Labute approximate surface area is 241 Å². The minimum Gasteiger partial charge on any atom is -0.497 e. The molecule has 3 aromatic carbocycles. The summed E-state index contributed by atoms with van der Waals surface area (Å²) in [6, 6.07) is 19.0. The van der Waals surface area contributed by atoms with E-state index in [4.69, 9.17) is 16.3 Å². The highest BCUT2D eigenvalue weighted by Gasteiger charge is 2.34. The van der Waals surface area contributed by atoms with E-state index >= 15 is 0 Å². The highest BCUT2D eigenvalue weighted by Crippen LogP contribution is 2.29. The van der Waals surface area contributed by atoms with Crippen molar-refractivity contribution in [3.05, 3.63) is 88.9 Å². The molecule has 0 spiro atoms. The van der Waals surface area contributed by atoms with Gasteiger partial charge in [0, 0.05) is 17.6 Å². The predicted molar refractivity (Wildman–Crippen MR) is 158 cm³/mol. The van der Waals surface area contributed by atoms with Gasteiger partial charge in [-0.3, -0.25) is 13.9 Å². The zero-order valence-corrected chi connectivity index (χ0v) is 25.0. The van der Waals surface area contributed by atoms with Crippen molar-refractivity contribution in [3.63, 3.8) is 0 Å². The molecule has 214 valence electrons. The van der Waals surface area contributed by atoms with Crippen molar-refractivity contribution in [1.29, 1.82) is 0 Å². The number of benzene rings is 3. The monoisotopic (exact) mass is 585 g/mol. The van der Waals surface area contributed by atoms with Crippen LogP contribution in [-0.2, 0) is 26.2 Å². The number of carbonyl (C=O) groups excluding carboxylic acids is 2. The van der Waals surface area contributed by atoms with Crippen LogP contribution in [0.5, 0.6) is 5.75 Å². The number of ether oxygens (including phenoxy) is 1. The molecule has 0 heterocycles. The normalized spacial score (nSPS) is 12.1. The van der Waals surface area contributed by atoms with E-state index in [1.807, 2.05) is 32.9 Å². The van der Waals surface area contributed by atoms with Crippen molar-refractivity contribution in [2.75, 3.05) is 18.0 Å². The minimum atomic E-state index is -4.15. The Kier molecular flexibility index (Phi) is 10.6. The minimum absolute atomic E-state index is 0.0449. The Morgan fingerprint density at radius 2 is 1.65 bits per heavy atom. The van der Waals surface area contributed by atoms with Crippen LogP contribution in [-0.4, -0.2) is 50.9 Å². The molecule has 2 amide bonds. The number of hydrogen-bond acceptors (Lipinski definition) is 5. The van der Waals surface area contributed by atoms with Gasteiger partial charge in [-0.2, -0.15) is 0 Å². The molecule has 0 aliphatic heterocycles. The molecule has 3 rings (SSSR count). The average Bonchev–Trinajstić information content (AvgIpc) is 2.92. The van der Waals surface area contributed by atoms with Gasteiger partial charge >= 0.3 is 0 Å². The molecule has 8 nitrogen and oxygen atoms in total. The summed E-state index contributed by atoms with van der Waals surface area (Å²) in [6.07, 6.45) is 0.339. The summed E-state index contributed by atoms with van der Waals surface area (Å²) in [5.41, 5.74) is 1.68. The number of carbonyl (C=O) groups is 2. The van der Waals surface area contributed by atoms with Crippen LogP contribution in [0.1, 0.15) is 38.3 Å². The lowest BCUT2D eigenvalue weighted by molar-refractivity contribution is -0.140. The van der Waals surface area contributed by atoms with E-state index < -0.39 is 28.5 Å². The summed E-state index contributed by atoms with van der Waals surface area (Å²) in [5, 5.41) is 3.34. The lowest BCUT2D eigenvalue weighted by atomic mass is 10.1. The van der Waals surface area contributed by atoms with Crippen LogP contribution in [0, 0.1) is 6.92 Å². The number of sulfonamides is 1. The van der Waals surface area contributed by atoms with E-state index in [0.29, 0.717) is 28.4 Å². The molecule has 0 aliphatic carbocycles. The quantitative estimate of drug-likeness (QED) is 0.316. The predicted octanol–water partition coefficient (Wildman–Crippen LogP) is 5.18. The Bertz CT molecular complexity index is 1410. The van der Waals surface area contributed by atoms with Crippen LogP contribution in [0.2, 0.25) is 5.02 Å². The van der Waals surface area contributed by atoms with Crippen molar-refractivity contribution < 1.29 is 22.7 Å². The van der Waals surface area contributed by atoms with Gasteiger partial charge in [0.05, 0.1) is 17.7 Å². The van der Waals surface area contributed by atoms with Crippen LogP contribution in [0.3, 0.4) is 0 Å². The van der Waals surface area contributed by atoms with Gasteiger partial charge in [-0.1, -0.05) is 48.9 Å². The zero-order valence-electron chi connectivity index (χ0n) is 23.4. The number of nitrogens with zero attached hydrogens (tertiary/aromatic N) is 2. The van der Waals surface area contributed by atoms with Gasteiger partial charge in [0.2, 0.25) is 11.8 Å². The second-order valence-corrected chi connectivity index (χ2v) is 12.0. The van der Waals surface area contributed by atoms with Crippen molar-refractivity contribution in [3.8, 4) is 5.75 Å². The Balaban J connectivity index is 2.08. The van der Waals surface area contributed by atoms with Gasteiger partial charge < -0.3 is 15.0 Å². The maximum Gasteiger partial charge on any atom is 0.264 e. The Hall–Kier alpha value is -3.56. The first-order chi connectivity index (χ1) is 19.0. The summed E-state index contributed by atoms with van der Waals surface area (Å²) in [6.45, 7) is 6.84. The topological polar surface area (TPSA) is 96.0 Å². The summed E-state index contributed by atoms with van der Waals surface area (Å²) in [5.74, 6) is -0.167. The van der Waals surface area contributed by atoms with Crippen LogP contribution >= 0.6 is 11.6 Å². The van der Waals surface area contributed by atoms with E-state index in [1.54, 1.807) is 62.6 Å². The standard InChI is InChI=1S/C30H36ClN3O5S/c1-6-27(30(36)32-21(2)3)33(19-23-12-15-25(39-5)16-13-23)29(35)20-34(28-17-14-24(31)18-22(28)4)40(37,38)26-10-8-7-9-11-26/h7-18,21,27H,6,19-20H2,1-5H3,(H,32,36)/t27-/m1/s1. The highest BCUT2D eigenvalue weighted by molar-refractivity contribution is 7.92. The third-order valence-electron chi connectivity index (χ3n) is 6.37. The van der Waals surface area contributed by atoms with Crippen molar-refractivity contribution >= 4 is 39.1 Å². The lowest BCUT2D eigenvalue weighted by Gasteiger charge is -2.34. The van der Waals surface area contributed by atoms with Gasteiger partial charge in [0.1, 0.15) is 18.3 Å². The molecule has 0 aromatic heterocycles. The van der Waals surface area contributed by atoms with Crippen LogP contribution in [0.25, 0.3) is 0 Å². The van der Waals surface area contributed by atoms with E-state index in [9.17, 15) is 18.0 Å². The van der Waals surface area contributed by atoms with Gasteiger partial charge in [0.15, 0.2) is 0 Å². The van der Waals surface area contributed by atoms with E-state index in [1.165, 1.54) is 17.0 Å². The Morgan fingerprint density at radius 3 is 2.20 bits per heavy atom. The fraction of sp³-hybridized carbons (Fsp3) is 0.333. The molecule has 0 fully saturated rings. The third kappa shape index (κ3) is 7.55. The molecule has 0 saturated carbocycles. The summed E-state index contributed by atoms with van der Waals surface area (Å²) >= 11 is 6.16. The van der Waals surface area contributed by atoms with Crippen LogP contribution < -0.4 is 14.4 Å². The molecule has 0 unspecified atom stereocenters. The third-order valence-corrected chi connectivity index (χ3v) is 8.38. The molecule has 40 heavy (non-hydrogen) atoms. The van der Waals surface area contributed by atoms with Gasteiger partial charge in [0.25, 0.3) is 10.0 Å². The molecule has 0 aliphatic rings. The van der Waals surface area contributed by atoms with E-state index in [-0.39, 0.29) is 23.4 Å².